The molecular weight excluding hydrogens is 322 g/mol. The smallest absolute Gasteiger partial charge is 0.243 e. The van der Waals surface area contributed by atoms with Gasteiger partial charge in [0, 0.05) is 12.2 Å². The topological polar surface area (TPSA) is 76.3 Å². The molecule has 1 fully saturated rings. The van der Waals surface area contributed by atoms with Crippen LogP contribution in [0.5, 0.6) is 0 Å². The van der Waals surface area contributed by atoms with Crippen molar-refractivity contribution >= 4 is 15.8 Å². The van der Waals surface area contributed by atoms with E-state index in [9.17, 15) is 8.42 Å². The highest BCUT2D eigenvalue weighted by Gasteiger charge is 2.35. The largest absolute Gasteiger partial charge is 0.384 e. The van der Waals surface area contributed by atoms with E-state index in [0.717, 1.165) is 36.1 Å². The Morgan fingerprint density at radius 2 is 1.79 bits per heavy atom. The molecule has 1 aromatic heterocycles. The molecule has 0 aliphatic carbocycles. The third-order valence-electron chi connectivity index (χ3n) is 4.59. The molecule has 1 saturated heterocycles. The second-order valence-electron chi connectivity index (χ2n) is 6.35. The number of benzene rings is 1. The van der Waals surface area contributed by atoms with E-state index in [2.05, 4.69) is 4.98 Å². The number of anilines is 1. The molecule has 0 saturated carbocycles. The Morgan fingerprint density at radius 1 is 1.08 bits per heavy atom. The Labute approximate surface area is 143 Å². The Balaban J connectivity index is 2.01. The van der Waals surface area contributed by atoms with Crippen LogP contribution in [0.4, 0.5) is 5.82 Å². The molecule has 0 amide bonds. The zero-order chi connectivity index (χ0) is 17.3. The first-order chi connectivity index (χ1) is 11.4. The zero-order valence-electron chi connectivity index (χ0n) is 14.1. The summed E-state index contributed by atoms with van der Waals surface area (Å²) in [5.74, 6) is 0.458. The summed E-state index contributed by atoms with van der Waals surface area (Å²) >= 11 is 0. The molecule has 0 unspecified atom stereocenters. The molecule has 0 bridgehead atoms. The maximum absolute atomic E-state index is 13.1. The molecule has 2 N–H and O–H groups in total. The van der Waals surface area contributed by atoms with Gasteiger partial charge in [0.1, 0.15) is 5.82 Å². The van der Waals surface area contributed by atoms with Gasteiger partial charge in [-0.05, 0) is 50.5 Å². The van der Waals surface area contributed by atoms with Crippen molar-refractivity contribution in [1.82, 2.24) is 9.29 Å². The first-order valence-corrected chi connectivity index (χ1v) is 9.65. The van der Waals surface area contributed by atoms with Gasteiger partial charge in [0.15, 0.2) is 0 Å². The Bertz CT molecular complexity index is 832. The summed E-state index contributed by atoms with van der Waals surface area (Å²) < 4.78 is 27.9. The molecule has 6 heteroatoms. The fraction of sp³-hybridized carbons (Fsp3) is 0.389. The first kappa shape index (κ1) is 16.9. The Kier molecular flexibility index (Phi) is 4.60. The zero-order valence-corrected chi connectivity index (χ0v) is 14.9. The number of piperidine rings is 1. The molecule has 1 atom stereocenters. The average molecular weight is 345 g/mol. The minimum Gasteiger partial charge on any atom is -0.384 e. The Morgan fingerprint density at radius 3 is 2.46 bits per heavy atom. The second kappa shape index (κ2) is 6.53. The highest BCUT2D eigenvalue weighted by molar-refractivity contribution is 7.89. The van der Waals surface area contributed by atoms with Crippen LogP contribution in [0.15, 0.2) is 41.3 Å². The molecule has 1 aliphatic heterocycles. The SMILES string of the molecule is Cc1ccc(S(=O)(=O)N2CCCC[C@@H]2c2ccc(N)nc2C)cc1. The van der Waals surface area contributed by atoms with E-state index >= 15 is 0 Å². The van der Waals surface area contributed by atoms with Crippen molar-refractivity contribution in [3.05, 3.63) is 53.2 Å². The van der Waals surface area contributed by atoms with Crippen LogP contribution < -0.4 is 5.73 Å². The molecule has 1 aliphatic rings. The Hall–Kier alpha value is -1.92. The van der Waals surface area contributed by atoms with Crippen molar-refractivity contribution in [3.8, 4) is 0 Å². The van der Waals surface area contributed by atoms with Gasteiger partial charge in [-0.25, -0.2) is 13.4 Å². The van der Waals surface area contributed by atoms with E-state index in [1.54, 1.807) is 22.5 Å². The van der Waals surface area contributed by atoms with E-state index in [4.69, 9.17) is 5.73 Å². The van der Waals surface area contributed by atoms with Gasteiger partial charge >= 0.3 is 0 Å². The average Bonchev–Trinajstić information content (AvgIpc) is 2.55. The van der Waals surface area contributed by atoms with E-state index in [-0.39, 0.29) is 6.04 Å². The fourth-order valence-electron chi connectivity index (χ4n) is 3.29. The van der Waals surface area contributed by atoms with Crippen LogP contribution in [0.1, 0.15) is 42.1 Å². The number of pyridine rings is 1. The predicted molar refractivity (Wildman–Crippen MR) is 95.0 cm³/mol. The fourth-order valence-corrected chi connectivity index (χ4v) is 4.97. The molecule has 24 heavy (non-hydrogen) atoms. The highest BCUT2D eigenvalue weighted by Crippen LogP contribution is 2.36. The number of nitrogens with zero attached hydrogens (tertiary/aromatic N) is 2. The number of sulfonamides is 1. The third kappa shape index (κ3) is 3.16. The van der Waals surface area contributed by atoms with E-state index < -0.39 is 10.0 Å². The summed E-state index contributed by atoms with van der Waals surface area (Å²) in [5.41, 5.74) is 8.53. The van der Waals surface area contributed by atoms with Gasteiger partial charge in [0.05, 0.1) is 10.9 Å². The lowest BCUT2D eigenvalue weighted by molar-refractivity contribution is 0.255. The van der Waals surface area contributed by atoms with E-state index in [1.165, 1.54) is 0 Å². The number of nitrogens with two attached hydrogens (primary N) is 1. The number of nitrogen functional groups attached to an aromatic ring is 1. The van der Waals surface area contributed by atoms with Crippen LogP contribution in [0.25, 0.3) is 0 Å². The molecule has 128 valence electrons. The molecule has 2 heterocycles. The maximum Gasteiger partial charge on any atom is 0.243 e. The summed E-state index contributed by atoms with van der Waals surface area (Å²) in [6.07, 6.45) is 2.69. The van der Waals surface area contributed by atoms with Gasteiger partial charge in [-0.1, -0.05) is 30.2 Å². The molecule has 1 aromatic carbocycles. The van der Waals surface area contributed by atoms with Crippen LogP contribution >= 0.6 is 0 Å². The monoisotopic (exact) mass is 345 g/mol. The molecule has 5 nitrogen and oxygen atoms in total. The summed E-state index contributed by atoms with van der Waals surface area (Å²) in [6.45, 7) is 4.37. The van der Waals surface area contributed by atoms with E-state index in [1.807, 2.05) is 32.0 Å². The van der Waals surface area contributed by atoms with Crippen LogP contribution in [0, 0.1) is 13.8 Å². The highest BCUT2D eigenvalue weighted by atomic mass is 32.2. The van der Waals surface area contributed by atoms with Crippen LogP contribution in [-0.2, 0) is 10.0 Å². The van der Waals surface area contributed by atoms with Crippen molar-refractivity contribution in [2.45, 2.75) is 44.0 Å². The number of rotatable bonds is 3. The summed E-state index contributed by atoms with van der Waals surface area (Å²) in [7, 11) is -3.53. The quantitative estimate of drug-likeness (QED) is 0.927. The predicted octanol–water partition coefficient (Wildman–Crippen LogP) is 3.20. The third-order valence-corrected chi connectivity index (χ3v) is 6.51. The van der Waals surface area contributed by atoms with Gasteiger partial charge in [-0.15, -0.1) is 0 Å². The van der Waals surface area contributed by atoms with Gasteiger partial charge in [0.25, 0.3) is 0 Å². The minimum atomic E-state index is -3.53. The lowest BCUT2D eigenvalue weighted by Crippen LogP contribution is -2.38. The molecule has 0 spiro atoms. The molecule has 0 radical (unpaired) electrons. The van der Waals surface area contributed by atoms with Gasteiger partial charge in [-0.3, -0.25) is 0 Å². The van der Waals surface area contributed by atoms with E-state index in [0.29, 0.717) is 17.3 Å². The number of hydrogen-bond acceptors (Lipinski definition) is 4. The van der Waals surface area contributed by atoms with Crippen molar-refractivity contribution in [2.75, 3.05) is 12.3 Å². The van der Waals surface area contributed by atoms with Crippen LogP contribution in [0.2, 0.25) is 0 Å². The number of aryl methyl sites for hydroxylation is 2. The van der Waals surface area contributed by atoms with Crippen molar-refractivity contribution in [3.63, 3.8) is 0 Å². The summed E-state index contributed by atoms with van der Waals surface area (Å²) in [6, 6.07) is 10.5. The van der Waals surface area contributed by atoms with Crippen LogP contribution in [-0.4, -0.2) is 24.3 Å². The van der Waals surface area contributed by atoms with Crippen molar-refractivity contribution < 1.29 is 8.42 Å². The lowest BCUT2D eigenvalue weighted by Gasteiger charge is -2.35. The molecular formula is C18H23N3O2S. The standard InChI is InChI=1S/C18H23N3O2S/c1-13-6-8-15(9-7-13)24(22,23)21-12-4-3-5-17(21)16-10-11-18(19)20-14(16)2/h6-11,17H,3-5,12H2,1-2H3,(H2,19,20)/t17-/m1/s1. The first-order valence-electron chi connectivity index (χ1n) is 8.21. The van der Waals surface area contributed by atoms with Gasteiger partial charge in [0.2, 0.25) is 10.0 Å². The van der Waals surface area contributed by atoms with Crippen LogP contribution in [0.3, 0.4) is 0 Å². The van der Waals surface area contributed by atoms with Gasteiger partial charge in [-0.2, -0.15) is 4.31 Å². The summed E-state index contributed by atoms with van der Waals surface area (Å²) in [5, 5.41) is 0. The summed E-state index contributed by atoms with van der Waals surface area (Å²) in [4.78, 5) is 4.65. The number of hydrogen-bond donors (Lipinski definition) is 1. The molecule has 3 rings (SSSR count). The van der Waals surface area contributed by atoms with Crippen molar-refractivity contribution in [2.24, 2.45) is 0 Å². The number of aromatic nitrogens is 1. The molecule has 2 aromatic rings. The van der Waals surface area contributed by atoms with Gasteiger partial charge < -0.3 is 5.73 Å². The van der Waals surface area contributed by atoms with Crippen molar-refractivity contribution in [1.29, 1.82) is 0 Å². The normalized spacial score (nSPS) is 19.3. The maximum atomic E-state index is 13.1. The lowest BCUT2D eigenvalue weighted by atomic mass is 9.96. The minimum absolute atomic E-state index is 0.182. The second-order valence-corrected chi connectivity index (χ2v) is 8.24.